The van der Waals surface area contributed by atoms with E-state index in [0.29, 0.717) is 6.54 Å². The molecule has 0 radical (unpaired) electrons. The molecule has 0 saturated carbocycles. The Labute approximate surface area is 159 Å². The van der Waals surface area contributed by atoms with E-state index in [-0.39, 0.29) is 34.5 Å². The van der Waals surface area contributed by atoms with Gasteiger partial charge in [-0.1, -0.05) is 57.2 Å². The van der Waals surface area contributed by atoms with Crippen molar-refractivity contribution in [3.8, 4) is 0 Å². The second kappa shape index (κ2) is 8.84. The van der Waals surface area contributed by atoms with Crippen LogP contribution in [0.4, 0.5) is 0 Å². The molecule has 142 valence electrons. The van der Waals surface area contributed by atoms with Crippen molar-refractivity contribution in [2.45, 2.75) is 27.4 Å². The maximum Gasteiger partial charge on any atom is 0.489 e. The molecule has 2 aromatic rings. The van der Waals surface area contributed by atoms with Crippen LogP contribution in [0.5, 0.6) is 0 Å². The van der Waals surface area contributed by atoms with Gasteiger partial charge >= 0.3 is 13.1 Å². The van der Waals surface area contributed by atoms with Gasteiger partial charge in [0.15, 0.2) is 0 Å². The second-order valence-corrected chi connectivity index (χ2v) is 7.48. The maximum absolute atomic E-state index is 12.5. The highest BCUT2D eigenvalue weighted by Gasteiger charge is 2.23. The van der Waals surface area contributed by atoms with E-state index in [9.17, 15) is 19.6 Å². The summed E-state index contributed by atoms with van der Waals surface area (Å²) in [5.74, 6) is -1.08. The molecule has 0 aliphatic rings. The number of ether oxygens (including phenoxy) is 1. The summed E-state index contributed by atoms with van der Waals surface area (Å²) in [5.41, 5.74) is 0.894. The van der Waals surface area contributed by atoms with Crippen molar-refractivity contribution in [3.63, 3.8) is 0 Å². The molecule has 0 aliphatic heterocycles. The zero-order valence-electron chi connectivity index (χ0n) is 15.7. The summed E-state index contributed by atoms with van der Waals surface area (Å²) >= 11 is 0. The summed E-state index contributed by atoms with van der Waals surface area (Å²) in [7, 11) is -1.85. The lowest BCUT2D eigenvalue weighted by Gasteiger charge is -2.19. The first-order valence-corrected chi connectivity index (χ1v) is 8.67. The number of hydrogen-bond donors (Lipinski definition) is 3. The fraction of sp³-hybridized carbons (Fsp3) is 0.300. The Kier molecular flexibility index (Phi) is 6.77. The van der Waals surface area contributed by atoms with E-state index in [2.05, 4.69) is 5.32 Å². The Morgan fingerprint density at radius 1 is 1.07 bits per heavy atom. The van der Waals surface area contributed by atoms with E-state index in [4.69, 9.17) is 4.74 Å². The van der Waals surface area contributed by atoms with Crippen molar-refractivity contribution in [2.75, 3.05) is 6.54 Å². The molecule has 27 heavy (non-hydrogen) atoms. The summed E-state index contributed by atoms with van der Waals surface area (Å²) in [4.78, 5) is 24.8. The third-order valence-corrected chi connectivity index (χ3v) is 3.81. The predicted molar refractivity (Wildman–Crippen MR) is 104 cm³/mol. The molecule has 0 saturated heterocycles. The Bertz CT molecular complexity index is 800. The van der Waals surface area contributed by atoms with Gasteiger partial charge in [-0.2, -0.15) is 0 Å². The highest BCUT2D eigenvalue weighted by Crippen LogP contribution is 2.12. The van der Waals surface area contributed by atoms with Gasteiger partial charge in [0.2, 0.25) is 0 Å². The second-order valence-electron chi connectivity index (χ2n) is 7.48. The molecule has 0 fully saturated rings. The summed E-state index contributed by atoms with van der Waals surface area (Å²) < 4.78 is 5.26. The van der Waals surface area contributed by atoms with E-state index >= 15 is 0 Å². The van der Waals surface area contributed by atoms with Gasteiger partial charge in [-0.15, -0.1) is 0 Å². The lowest BCUT2D eigenvalue weighted by atomic mass is 9.76. The summed E-state index contributed by atoms with van der Waals surface area (Å²) in [6.45, 7) is 6.48. The van der Waals surface area contributed by atoms with Gasteiger partial charge < -0.3 is 20.1 Å². The van der Waals surface area contributed by atoms with Crippen molar-refractivity contribution < 1.29 is 24.4 Å². The lowest BCUT2D eigenvalue weighted by molar-refractivity contribution is 0.0473. The van der Waals surface area contributed by atoms with E-state index in [0.717, 1.165) is 5.56 Å². The molecular formula is C20H24BNO5. The molecule has 6 nitrogen and oxygen atoms in total. The number of esters is 1. The highest BCUT2D eigenvalue weighted by atomic mass is 16.5. The fourth-order valence-corrected chi connectivity index (χ4v) is 2.35. The number of nitrogens with one attached hydrogen (secondary N) is 1. The van der Waals surface area contributed by atoms with Crippen LogP contribution in [-0.4, -0.2) is 35.6 Å². The summed E-state index contributed by atoms with van der Waals surface area (Å²) in [6, 6.07) is 13.2. The molecule has 0 bridgehead atoms. The van der Waals surface area contributed by atoms with Crippen LogP contribution in [-0.2, 0) is 11.3 Å². The monoisotopic (exact) mass is 369 g/mol. The number of hydrogen-bond acceptors (Lipinski definition) is 5. The van der Waals surface area contributed by atoms with Crippen molar-refractivity contribution in [2.24, 2.45) is 5.41 Å². The Morgan fingerprint density at radius 3 is 2.33 bits per heavy atom. The van der Waals surface area contributed by atoms with Crippen LogP contribution in [0.15, 0.2) is 48.5 Å². The van der Waals surface area contributed by atoms with Gasteiger partial charge in [-0.05, 0) is 28.6 Å². The number of amides is 1. The molecule has 1 amide bonds. The van der Waals surface area contributed by atoms with Crippen LogP contribution in [0.25, 0.3) is 0 Å². The molecule has 0 spiro atoms. The van der Waals surface area contributed by atoms with E-state index in [1.165, 1.54) is 18.2 Å². The van der Waals surface area contributed by atoms with Crippen LogP contribution in [0, 0.1) is 5.41 Å². The molecule has 2 rings (SSSR count). The third-order valence-electron chi connectivity index (χ3n) is 3.81. The minimum Gasteiger partial charge on any atom is -0.457 e. The van der Waals surface area contributed by atoms with Crippen molar-refractivity contribution in [1.29, 1.82) is 0 Å². The normalized spacial score (nSPS) is 11.0. The molecule has 0 unspecified atom stereocenters. The molecule has 0 aromatic heterocycles. The van der Waals surface area contributed by atoms with E-state index < -0.39 is 13.1 Å². The molecule has 0 heterocycles. The molecule has 0 atom stereocenters. The van der Waals surface area contributed by atoms with Crippen LogP contribution in [0.2, 0.25) is 0 Å². The SMILES string of the molecule is CC(C)(C)CNC(=O)c1ccc(B(O)O)c(C(=O)OCc2ccccc2)c1. The zero-order chi connectivity index (χ0) is 20.0. The van der Waals surface area contributed by atoms with Crippen molar-refractivity contribution in [1.82, 2.24) is 5.32 Å². The average Bonchev–Trinajstić information content (AvgIpc) is 2.63. The molecule has 7 heteroatoms. The number of rotatable bonds is 6. The standard InChI is InChI=1S/C20H24BNO5/c1-20(2,3)13-22-18(23)15-9-10-17(21(25)26)16(11-15)19(24)27-12-14-7-5-4-6-8-14/h4-11,25-26H,12-13H2,1-3H3,(H,22,23). The van der Waals surface area contributed by atoms with E-state index in [1.807, 2.05) is 51.1 Å². The van der Waals surface area contributed by atoms with Crippen molar-refractivity contribution >= 4 is 24.5 Å². The molecule has 2 aromatic carbocycles. The summed E-state index contributed by atoms with van der Waals surface area (Å²) in [6.07, 6.45) is 0. The number of benzene rings is 2. The van der Waals surface area contributed by atoms with Gasteiger partial charge in [-0.25, -0.2) is 4.79 Å². The zero-order valence-corrected chi connectivity index (χ0v) is 15.7. The number of carbonyl (C=O) groups is 2. The minimum atomic E-state index is -1.85. The lowest BCUT2D eigenvalue weighted by Crippen LogP contribution is -2.37. The average molecular weight is 369 g/mol. The van der Waals surface area contributed by atoms with Crippen LogP contribution in [0.3, 0.4) is 0 Å². The minimum absolute atomic E-state index is 0.0135. The first-order valence-electron chi connectivity index (χ1n) is 8.67. The van der Waals surface area contributed by atoms with Crippen LogP contribution >= 0.6 is 0 Å². The Hall–Kier alpha value is -2.64. The first-order chi connectivity index (χ1) is 12.7. The molecular weight excluding hydrogens is 345 g/mol. The van der Waals surface area contributed by atoms with Gasteiger partial charge in [-0.3, -0.25) is 4.79 Å². The largest absolute Gasteiger partial charge is 0.489 e. The molecule has 3 N–H and O–H groups in total. The highest BCUT2D eigenvalue weighted by molar-refractivity contribution is 6.60. The summed E-state index contributed by atoms with van der Waals surface area (Å²) in [5, 5.41) is 21.8. The first kappa shape index (κ1) is 20.7. The Balaban J connectivity index is 2.19. The predicted octanol–water partition coefficient (Wildman–Crippen LogP) is 1.50. The quantitative estimate of drug-likeness (QED) is 0.530. The Morgan fingerprint density at radius 2 is 1.74 bits per heavy atom. The van der Waals surface area contributed by atoms with Crippen molar-refractivity contribution in [3.05, 3.63) is 65.2 Å². The smallest absolute Gasteiger partial charge is 0.457 e. The van der Waals surface area contributed by atoms with Crippen LogP contribution in [0.1, 0.15) is 47.1 Å². The fourth-order valence-electron chi connectivity index (χ4n) is 2.35. The topological polar surface area (TPSA) is 95.9 Å². The van der Waals surface area contributed by atoms with Gasteiger partial charge in [0.25, 0.3) is 5.91 Å². The van der Waals surface area contributed by atoms with Crippen LogP contribution < -0.4 is 10.8 Å². The third kappa shape index (κ3) is 6.23. The number of carbonyl (C=O) groups excluding carboxylic acids is 2. The maximum atomic E-state index is 12.5. The van der Waals surface area contributed by atoms with Gasteiger partial charge in [0.1, 0.15) is 6.61 Å². The van der Waals surface area contributed by atoms with E-state index in [1.54, 1.807) is 0 Å². The van der Waals surface area contributed by atoms with Gasteiger partial charge in [0.05, 0.1) is 5.56 Å². The molecule has 0 aliphatic carbocycles. The van der Waals surface area contributed by atoms with Gasteiger partial charge in [0, 0.05) is 12.1 Å².